The minimum absolute atomic E-state index is 0.0949. The van der Waals surface area contributed by atoms with Gasteiger partial charge in [-0.15, -0.1) is 0 Å². The van der Waals surface area contributed by atoms with Gasteiger partial charge in [0.1, 0.15) is 5.82 Å². The molecule has 0 spiro atoms. The normalized spacial score (nSPS) is 19.5. The molecule has 32 heavy (non-hydrogen) atoms. The van der Waals surface area contributed by atoms with Gasteiger partial charge in [0, 0.05) is 44.8 Å². The Morgan fingerprint density at radius 2 is 1.94 bits per heavy atom. The van der Waals surface area contributed by atoms with Crippen molar-refractivity contribution in [2.45, 2.75) is 32.2 Å². The first-order valence-corrected chi connectivity index (χ1v) is 11.3. The lowest BCUT2D eigenvalue weighted by Gasteiger charge is -2.34. The van der Waals surface area contributed by atoms with Crippen molar-refractivity contribution in [3.63, 3.8) is 0 Å². The van der Waals surface area contributed by atoms with E-state index in [1.807, 2.05) is 42.2 Å². The highest BCUT2D eigenvalue weighted by Gasteiger charge is 2.28. The van der Waals surface area contributed by atoms with Gasteiger partial charge in [-0.2, -0.15) is 0 Å². The highest BCUT2D eigenvalue weighted by atomic mass is 16.5. The Balaban J connectivity index is 1.35. The van der Waals surface area contributed by atoms with E-state index in [0.29, 0.717) is 49.9 Å². The van der Waals surface area contributed by atoms with Crippen LogP contribution in [0.2, 0.25) is 0 Å². The Kier molecular flexibility index (Phi) is 7.44. The third-order valence-corrected chi connectivity index (χ3v) is 6.14. The van der Waals surface area contributed by atoms with E-state index < -0.39 is 0 Å². The third-order valence-electron chi connectivity index (χ3n) is 6.14. The van der Waals surface area contributed by atoms with Crippen LogP contribution in [0, 0.1) is 6.92 Å². The zero-order chi connectivity index (χ0) is 22.3. The average Bonchev–Trinajstić information content (AvgIpc) is 2.84. The molecule has 1 aromatic heterocycles. The molecule has 1 unspecified atom stereocenters. The summed E-state index contributed by atoms with van der Waals surface area (Å²) in [5, 5.41) is 2.93. The molecule has 4 rings (SSSR count). The number of hydrogen-bond donors (Lipinski definition) is 1. The molecule has 2 aliphatic rings. The molecule has 8 heteroatoms. The van der Waals surface area contributed by atoms with E-state index in [1.165, 1.54) is 0 Å². The molecule has 2 amide bonds. The quantitative estimate of drug-likeness (QED) is 0.741. The van der Waals surface area contributed by atoms with Crippen LogP contribution in [0.25, 0.3) is 0 Å². The van der Waals surface area contributed by atoms with Crippen LogP contribution in [-0.2, 0) is 16.1 Å². The van der Waals surface area contributed by atoms with Crippen molar-refractivity contribution >= 4 is 11.8 Å². The zero-order valence-corrected chi connectivity index (χ0v) is 18.6. The maximum atomic E-state index is 12.8. The smallest absolute Gasteiger partial charge is 0.254 e. The van der Waals surface area contributed by atoms with Crippen molar-refractivity contribution in [2.75, 3.05) is 45.9 Å². The number of morpholine rings is 1. The predicted octanol–water partition coefficient (Wildman–Crippen LogP) is 1.75. The number of benzene rings is 1. The summed E-state index contributed by atoms with van der Waals surface area (Å²) in [6.45, 7) is 7.13. The number of aryl methyl sites for hydroxylation is 1. The maximum absolute atomic E-state index is 12.8. The number of piperidine rings is 1. The van der Waals surface area contributed by atoms with Gasteiger partial charge in [-0.25, -0.2) is 9.97 Å². The fourth-order valence-corrected chi connectivity index (χ4v) is 4.24. The number of likely N-dealkylation sites (tertiary alicyclic amines) is 1. The van der Waals surface area contributed by atoms with Crippen LogP contribution >= 0.6 is 0 Å². The van der Waals surface area contributed by atoms with Crippen LogP contribution in [0.1, 0.15) is 46.2 Å². The van der Waals surface area contributed by atoms with Gasteiger partial charge in [-0.05, 0) is 25.3 Å². The van der Waals surface area contributed by atoms with Crippen LogP contribution < -0.4 is 5.32 Å². The first-order chi connectivity index (χ1) is 15.6. The van der Waals surface area contributed by atoms with Gasteiger partial charge in [0.05, 0.1) is 31.0 Å². The predicted molar refractivity (Wildman–Crippen MR) is 120 cm³/mol. The number of hydrogen-bond acceptors (Lipinski definition) is 6. The van der Waals surface area contributed by atoms with Crippen LogP contribution in [0.3, 0.4) is 0 Å². The minimum atomic E-state index is -0.177. The Morgan fingerprint density at radius 3 is 2.69 bits per heavy atom. The number of aromatic nitrogens is 2. The van der Waals surface area contributed by atoms with E-state index in [0.717, 1.165) is 38.0 Å². The summed E-state index contributed by atoms with van der Waals surface area (Å²) in [4.78, 5) is 38.6. The molecule has 8 nitrogen and oxygen atoms in total. The molecule has 170 valence electrons. The number of nitrogens with zero attached hydrogens (tertiary/aromatic N) is 4. The van der Waals surface area contributed by atoms with Gasteiger partial charge >= 0.3 is 0 Å². The lowest BCUT2D eigenvalue weighted by atomic mass is 9.96. The second-order valence-electron chi connectivity index (χ2n) is 8.46. The van der Waals surface area contributed by atoms with E-state index in [-0.39, 0.29) is 17.7 Å². The van der Waals surface area contributed by atoms with Crippen molar-refractivity contribution in [1.82, 2.24) is 25.1 Å². The van der Waals surface area contributed by atoms with Gasteiger partial charge in [0.25, 0.3) is 5.91 Å². The van der Waals surface area contributed by atoms with Crippen LogP contribution in [0.5, 0.6) is 0 Å². The van der Waals surface area contributed by atoms with Crippen LogP contribution in [0.4, 0.5) is 0 Å². The first-order valence-electron chi connectivity index (χ1n) is 11.3. The molecule has 0 saturated carbocycles. The third kappa shape index (κ3) is 5.69. The van der Waals surface area contributed by atoms with E-state index in [4.69, 9.17) is 4.74 Å². The number of amides is 2. The first kappa shape index (κ1) is 22.4. The number of carbonyl (C=O) groups excluding carboxylic acids is 2. The highest BCUT2D eigenvalue weighted by molar-refractivity contribution is 5.94. The number of nitrogens with one attached hydrogen (secondary N) is 1. The number of ether oxygens (including phenoxy) is 1. The van der Waals surface area contributed by atoms with Crippen LogP contribution in [-0.4, -0.2) is 77.5 Å². The molecule has 2 aromatic rings. The lowest BCUT2D eigenvalue weighted by molar-refractivity contribution is -0.134. The molecule has 1 aromatic carbocycles. The van der Waals surface area contributed by atoms with Crippen molar-refractivity contribution in [3.05, 3.63) is 59.2 Å². The number of rotatable bonds is 6. The Hall–Kier alpha value is -2.84. The van der Waals surface area contributed by atoms with Gasteiger partial charge in [-0.3, -0.25) is 14.5 Å². The molecular weight excluding hydrogens is 406 g/mol. The standard InChI is InChI=1S/C24H31N5O3/c1-18-21(24(31)26-14-19-6-3-2-4-7-19)15-25-23(27-18)20-8-5-9-29(16-20)22(30)17-28-10-12-32-13-11-28/h2-4,6-7,15,20H,5,8-14,16-17H2,1H3,(H,26,31). The molecule has 2 fully saturated rings. The largest absolute Gasteiger partial charge is 0.379 e. The summed E-state index contributed by atoms with van der Waals surface area (Å²) in [6, 6.07) is 9.79. The van der Waals surface area contributed by atoms with E-state index in [9.17, 15) is 9.59 Å². The number of carbonyl (C=O) groups is 2. The van der Waals surface area contributed by atoms with Gasteiger partial charge in [0.15, 0.2) is 0 Å². The topological polar surface area (TPSA) is 87.7 Å². The summed E-state index contributed by atoms with van der Waals surface area (Å²) in [7, 11) is 0. The SMILES string of the molecule is Cc1nc(C2CCCN(C(=O)CN3CCOCC3)C2)ncc1C(=O)NCc1ccccc1. The van der Waals surface area contributed by atoms with E-state index >= 15 is 0 Å². The molecule has 0 radical (unpaired) electrons. The van der Waals surface area contributed by atoms with Crippen molar-refractivity contribution in [1.29, 1.82) is 0 Å². The summed E-state index contributed by atoms with van der Waals surface area (Å²) in [5.41, 5.74) is 2.19. The molecule has 1 atom stereocenters. The van der Waals surface area contributed by atoms with Gasteiger partial charge in [0.2, 0.25) is 5.91 Å². The molecule has 3 heterocycles. The summed E-state index contributed by atoms with van der Waals surface area (Å²) in [6.07, 6.45) is 3.49. The van der Waals surface area contributed by atoms with Gasteiger partial charge in [-0.1, -0.05) is 30.3 Å². The zero-order valence-electron chi connectivity index (χ0n) is 18.6. The fraction of sp³-hybridized carbons (Fsp3) is 0.500. The Bertz CT molecular complexity index is 930. The van der Waals surface area contributed by atoms with Gasteiger partial charge < -0.3 is 15.0 Å². The fourth-order valence-electron chi connectivity index (χ4n) is 4.24. The van der Waals surface area contributed by atoms with Crippen molar-refractivity contribution in [3.8, 4) is 0 Å². The summed E-state index contributed by atoms with van der Waals surface area (Å²) >= 11 is 0. The maximum Gasteiger partial charge on any atom is 0.254 e. The molecule has 2 saturated heterocycles. The average molecular weight is 438 g/mol. The molecule has 0 bridgehead atoms. The molecule has 1 N–H and O–H groups in total. The molecular formula is C24H31N5O3. The second-order valence-corrected chi connectivity index (χ2v) is 8.46. The lowest BCUT2D eigenvalue weighted by Crippen LogP contribution is -2.47. The monoisotopic (exact) mass is 437 g/mol. The molecule has 2 aliphatic heterocycles. The minimum Gasteiger partial charge on any atom is -0.379 e. The molecule has 0 aliphatic carbocycles. The van der Waals surface area contributed by atoms with E-state index in [2.05, 4.69) is 20.2 Å². The highest BCUT2D eigenvalue weighted by Crippen LogP contribution is 2.25. The van der Waals surface area contributed by atoms with Crippen molar-refractivity contribution < 1.29 is 14.3 Å². The second kappa shape index (κ2) is 10.7. The van der Waals surface area contributed by atoms with Crippen molar-refractivity contribution in [2.24, 2.45) is 0 Å². The Morgan fingerprint density at radius 1 is 1.16 bits per heavy atom. The summed E-state index contributed by atoms with van der Waals surface area (Å²) in [5.74, 6) is 0.789. The van der Waals surface area contributed by atoms with E-state index in [1.54, 1.807) is 6.20 Å². The summed E-state index contributed by atoms with van der Waals surface area (Å²) < 4.78 is 5.37. The Labute approximate surface area is 189 Å². The van der Waals surface area contributed by atoms with Crippen LogP contribution in [0.15, 0.2) is 36.5 Å².